The minimum Gasteiger partial charge on any atom is -0.481 e. The lowest BCUT2D eigenvalue weighted by Gasteiger charge is -2.39. The predicted octanol–water partition coefficient (Wildman–Crippen LogP) is 0.640. The van der Waals surface area contributed by atoms with Gasteiger partial charge in [0, 0.05) is 12.6 Å². The molecule has 0 aromatic rings. The molecule has 28 heavy (non-hydrogen) atoms. The highest BCUT2D eigenvalue weighted by Gasteiger charge is 2.78. The SMILES string of the molecule is C=CCN(C(=O)C1N([C@H](C)CO)C(=O)[C@@H]2[C@@H](C(=O)O)[C@@]3(C)CCC12O3)C(C)C. The first-order valence-electron chi connectivity index (χ1n) is 9.83. The number of rotatable bonds is 7. The van der Waals surface area contributed by atoms with Gasteiger partial charge in [-0.2, -0.15) is 0 Å². The van der Waals surface area contributed by atoms with Crippen molar-refractivity contribution in [3.8, 4) is 0 Å². The maximum Gasteiger partial charge on any atom is 0.310 e. The molecule has 3 heterocycles. The molecule has 6 atom stereocenters. The first kappa shape index (κ1) is 20.8. The van der Waals surface area contributed by atoms with Crippen LogP contribution in [0.15, 0.2) is 12.7 Å². The average Bonchev–Trinajstić information content (AvgIpc) is 3.19. The van der Waals surface area contributed by atoms with Gasteiger partial charge in [0.15, 0.2) is 0 Å². The van der Waals surface area contributed by atoms with Crippen molar-refractivity contribution in [2.45, 2.75) is 69.9 Å². The van der Waals surface area contributed by atoms with Crippen molar-refractivity contribution >= 4 is 17.8 Å². The van der Waals surface area contributed by atoms with E-state index in [1.165, 1.54) is 4.90 Å². The van der Waals surface area contributed by atoms with Crippen LogP contribution >= 0.6 is 0 Å². The molecule has 0 saturated carbocycles. The number of ether oxygens (including phenoxy) is 1. The molecule has 3 aliphatic heterocycles. The Morgan fingerprint density at radius 2 is 2.04 bits per heavy atom. The minimum absolute atomic E-state index is 0.133. The maximum atomic E-state index is 13.6. The van der Waals surface area contributed by atoms with Crippen LogP contribution in [0.2, 0.25) is 0 Å². The Hall–Kier alpha value is -1.93. The Kier molecular flexibility index (Phi) is 5.08. The van der Waals surface area contributed by atoms with Crippen LogP contribution in [0.4, 0.5) is 0 Å². The van der Waals surface area contributed by atoms with Gasteiger partial charge in [-0.15, -0.1) is 6.58 Å². The van der Waals surface area contributed by atoms with Crippen LogP contribution < -0.4 is 0 Å². The van der Waals surface area contributed by atoms with Crippen molar-refractivity contribution in [1.82, 2.24) is 9.80 Å². The molecule has 3 rings (SSSR count). The molecule has 8 nitrogen and oxygen atoms in total. The van der Waals surface area contributed by atoms with Gasteiger partial charge in [0.1, 0.15) is 11.6 Å². The average molecular weight is 394 g/mol. The third-order valence-corrected chi connectivity index (χ3v) is 6.69. The third kappa shape index (κ3) is 2.61. The van der Waals surface area contributed by atoms with Crippen LogP contribution in [-0.2, 0) is 19.1 Å². The molecular weight excluding hydrogens is 364 g/mol. The summed E-state index contributed by atoms with van der Waals surface area (Å²) in [5.41, 5.74) is -2.15. The Morgan fingerprint density at radius 3 is 2.54 bits per heavy atom. The van der Waals surface area contributed by atoms with Gasteiger partial charge in [-0.1, -0.05) is 6.08 Å². The molecule has 0 aliphatic carbocycles. The Labute approximate surface area is 165 Å². The van der Waals surface area contributed by atoms with Crippen LogP contribution in [-0.4, -0.2) is 80.3 Å². The van der Waals surface area contributed by atoms with Gasteiger partial charge in [0.2, 0.25) is 11.8 Å². The molecule has 2 N–H and O–H groups in total. The Balaban J connectivity index is 2.13. The summed E-state index contributed by atoms with van der Waals surface area (Å²) in [4.78, 5) is 42.0. The largest absolute Gasteiger partial charge is 0.481 e. The fourth-order valence-electron chi connectivity index (χ4n) is 5.43. The lowest BCUT2D eigenvalue weighted by molar-refractivity contribution is -0.158. The van der Waals surface area contributed by atoms with Crippen molar-refractivity contribution in [1.29, 1.82) is 0 Å². The van der Waals surface area contributed by atoms with Crippen molar-refractivity contribution in [2.75, 3.05) is 13.2 Å². The number of fused-ring (bicyclic) bond motifs is 1. The standard InChI is InChI=1S/C20H30N2O6/c1-6-9-21(11(2)3)17(25)15-20-8-7-19(5,28-20)14(18(26)27)13(20)16(24)22(15)12(4)10-23/h6,11-15,23H,1,7-10H2,2-5H3,(H,26,27)/t12-,13+,14+,15?,19-,20?/m1/s1. The van der Waals surface area contributed by atoms with E-state index in [1.807, 2.05) is 13.8 Å². The number of carboxylic acids is 1. The van der Waals surface area contributed by atoms with Crippen LogP contribution in [0.25, 0.3) is 0 Å². The van der Waals surface area contributed by atoms with Gasteiger partial charge in [-0.05, 0) is 40.5 Å². The number of carbonyl (C=O) groups is 3. The second-order valence-corrected chi connectivity index (χ2v) is 8.72. The molecule has 0 aromatic heterocycles. The highest BCUT2D eigenvalue weighted by atomic mass is 16.5. The fraction of sp³-hybridized carbons (Fsp3) is 0.750. The summed E-state index contributed by atoms with van der Waals surface area (Å²) in [5.74, 6) is -3.73. The van der Waals surface area contributed by atoms with Crippen LogP contribution in [0.3, 0.4) is 0 Å². The van der Waals surface area contributed by atoms with Crippen LogP contribution in [0, 0.1) is 11.8 Å². The van der Waals surface area contributed by atoms with Gasteiger partial charge >= 0.3 is 5.97 Å². The normalized spacial score (nSPS) is 37.3. The van der Waals surface area contributed by atoms with E-state index in [0.717, 1.165) is 0 Å². The fourth-order valence-corrected chi connectivity index (χ4v) is 5.43. The predicted molar refractivity (Wildman–Crippen MR) is 100 cm³/mol. The quantitative estimate of drug-likeness (QED) is 0.614. The summed E-state index contributed by atoms with van der Waals surface area (Å²) >= 11 is 0. The molecule has 3 saturated heterocycles. The van der Waals surface area contributed by atoms with Gasteiger partial charge in [0.05, 0.1) is 30.1 Å². The van der Waals surface area contributed by atoms with E-state index < -0.39 is 47.0 Å². The van der Waals surface area contributed by atoms with E-state index in [1.54, 1.807) is 24.8 Å². The molecule has 2 bridgehead atoms. The number of hydrogen-bond donors (Lipinski definition) is 2. The summed E-state index contributed by atoms with van der Waals surface area (Å²) in [7, 11) is 0. The number of aliphatic carboxylic acids is 1. The second kappa shape index (κ2) is 6.84. The molecule has 2 amide bonds. The number of likely N-dealkylation sites (tertiary alicyclic amines) is 1. The topological polar surface area (TPSA) is 107 Å². The summed E-state index contributed by atoms with van der Waals surface area (Å²) in [6.07, 6.45) is 2.54. The van der Waals surface area contributed by atoms with E-state index >= 15 is 0 Å². The van der Waals surface area contributed by atoms with E-state index in [0.29, 0.717) is 19.4 Å². The second-order valence-electron chi connectivity index (χ2n) is 8.72. The molecular formula is C20H30N2O6. The number of nitrogens with zero attached hydrogens (tertiary/aromatic N) is 2. The van der Waals surface area contributed by atoms with Crippen molar-refractivity contribution in [3.05, 3.63) is 12.7 Å². The van der Waals surface area contributed by atoms with Crippen molar-refractivity contribution in [2.24, 2.45) is 11.8 Å². The number of carbonyl (C=O) groups excluding carboxylic acids is 2. The summed E-state index contributed by atoms with van der Waals surface area (Å²) in [5, 5.41) is 19.6. The molecule has 2 unspecified atom stereocenters. The van der Waals surface area contributed by atoms with Crippen molar-refractivity contribution in [3.63, 3.8) is 0 Å². The molecule has 3 aliphatic rings. The molecule has 0 aromatic carbocycles. The third-order valence-electron chi connectivity index (χ3n) is 6.69. The summed E-state index contributed by atoms with van der Waals surface area (Å²) < 4.78 is 6.28. The summed E-state index contributed by atoms with van der Waals surface area (Å²) in [6.45, 7) is 10.8. The van der Waals surface area contributed by atoms with Crippen LogP contribution in [0.1, 0.15) is 40.5 Å². The zero-order valence-electron chi connectivity index (χ0n) is 16.9. The zero-order valence-corrected chi connectivity index (χ0v) is 16.9. The van der Waals surface area contributed by atoms with Gasteiger partial charge < -0.3 is 24.7 Å². The smallest absolute Gasteiger partial charge is 0.310 e. The van der Waals surface area contributed by atoms with Gasteiger partial charge in [-0.25, -0.2) is 0 Å². The maximum absolute atomic E-state index is 13.6. The van der Waals surface area contributed by atoms with Gasteiger partial charge in [0.25, 0.3) is 0 Å². The lowest BCUT2D eigenvalue weighted by atomic mass is 9.66. The van der Waals surface area contributed by atoms with Gasteiger partial charge in [-0.3, -0.25) is 14.4 Å². The zero-order chi connectivity index (χ0) is 21.0. The number of aliphatic hydroxyl groups excluding tert-OH is 1. The Bertz CT molecular complexity index is 709. The van der Waals surface area contributed by atoms with E-state index in [2.05, 4.69) is 6.58 Å². The van der Waals surface area contributed by atoms with Crippen LogP contribution in [0.5, 0.6) is 0 Å². The van der Waals surface area contributed by atoms with E-state index in [9.17, 15) is 24.6 Å². The first-order valence-corrected chi connectivity index (χ1v) is 9.83. The van der Waals surface area contributed by atoms with E-state index in [-0.39, 0.29) is 18.6 Å². The molecule has 1 spiro atoms. The van der Waals surface area contributed by atoms with Crippen molar-refractivity contribution < 1.29 is 29.3 Å². The molecule has 8 heteroatoms. The lowest BCUT2D eigenvalue weighted by Crippen LogP contribution is -2.59. The minimum atomic E-state index is -1.18. The highest BCUT2D eigenvalue weighted by molar-refractivity contribution is 5.98. The first-order chi connectivity index (χ1) is 13.1. The summed E-state index contributed by atoms with van der Waals surface area (Å²) in [6, 6.07) is -1.71. The number of aliphatic hydroxyl groups is 1. The molecule has 3 fully saturated rings. The molecule has 156 valence electrons. The monoisotopic (exact) mass is 394 g/mol. The number of hydrogen-bond acceptors (Lipinski definition) is 5. The molecule has 0 radical (unpaired) electrons. The number of amides is 2. The highest BCUT2D eigenvalue weighted by Crippen LogP contribution is 2.63. The van der Waals surface area contributed by atoms with E-state index in [4.69, 9.17) is 4.74 Å². The Morgan fingerprint density at radius 1 is 1.39 bits per heavy atom. The number of carboxylic acid groups (broad SMARTS) is 1.